The molecular weight excluding hydrogens is 336 g/mol. The highest BCUT2D eigenvalue weighted by Crippen LogP contribution is 2.44. The number of ether oxygens (including phenoxy) is 4. The molecule has 1 aliphatic carbocycles. The lowest BCUT2D eigenvalue weighted by Crippen LogP contribution is -2.28. The van der Waals surface area contributed by atoms with Crippen LogP contribution in [-0.4, -0.2) is 39.7 Å². The number of allylic oxidation sites excluding steroid dienone is 2. The zero-order valence-electron chi connectivity index (χ0n) is 15.2. The highest BCUT2D eigenvalue weighted by atomic mass is 16.5. The molecule has 0 bridgehead atoms. The topological polar surface area (TPSA) is 71.1 Å². The van der Waals surface area contributed by atoms with Gasteiger partial charge in [0, 0.05) is 29.9 Å². The zero-order chi connectivity index (χ0) is 19.3. The Morgan fingerprint density at radius 2 is 1.88 bits per heavy atom. The highest BCUT2D eigenvalue weighted by Gasteiger charge is 2.39. The summed E-state index contributed by atoms with van der Waals surface area (Å²) in [4.78, 5) is 25.7. The van der Waals surface area contributed by atoms with Crippen molar-refractivity contribution in [2.24, 2.45) is 0 Å². The van der Waals surface area contributed by atoms with Gasteiger partial charge in [-0.05, 0) is 12.5 Å². The van der Waals surface area contributed by atoms with E-state index in [0.29, 0.717) is 22.6 Å². The minimum atomic E-state index is -0.809. The first-order valence-electron chi connectivity index (χ1n) is 7.99. The highest BCUT2D eigenvalue weighted by molar-refractivity contribution is 6.16. The number of rotatable bonds is 8. The van der Waals surface area contributed by atoms with Crippen LogP contribution in [0.1, 0.15) is 28.4 Å². The minimum absolute atomic E-state index is 0.0287. The summed E-state index contributed by atoms with van der Waals surface area (Å²) < 4.78 is 21.4. The molecule has 0 heterocycles. The summed E-state index contributed by atoms with van der Waals surface area (Å²) in [6.45, 7) is 7.23. The molecule has 1 aliphatic rings. The predicted molar refractivity (Wildman–Crippen MR) is 96.6 cm³/mol. The fourth-order valence-electron chi connectivity index (χ4n) is 2.96. The Bertz CT molecular complexity index is 775. The lowest BCUT2D eigenvalue weighted by molar-refractivity contribution is -0.139. The maximum absolute atomic E-state index is 13.1. The molecule has 6 heteroatoms. The lowest BCUT2D eigenvalue weighted by atomic mass is 9.81. The third-order valence-electron chi connectivity index (χ3n) is 4.08. The van der Waals surface area contributed by atoms with Gasteiger partial charge in [-0.25, -0.2) is 4.79 Å². The third kappa shape index (κ3) is 3.41. The second-order valence-corrected chi connectivity index (χ2v) is 5.51. The summed E-state index contributed by atoms with van der Waals surface area (Å²) in [5, 5.41) is 0. The summed E-state index contributed by atoms with van der Waals surface area (Å²) >= 11 is 0. The first-order chi connectivity index (χ1) is 12.5. The van der Waals surface area contributed by atoms with Crippen molar-refractivity contribution in [1.29, 1.82) is 0 Å². The predicted octanol–water partition coefficient (Wildman–Crippen LogP) is 3.19. The molecule has 0 amide bonds. The van der Waals surface area contributed by atoms with E-state index in [1.807, 2.05) is 0 Å². The van der Waals surface area contributed by atoms with Crippen molar-refractivity contribution < 1.29 is 28.5 Å². The maximum Gasteiger partial charge on any atom is 0.337 e. The number of benzene rings is 1. The van der Waals surface area contributed by atoms with E-state index in [2.05, 4.69) is 13.2 Å². The molecule has 0 spiro atoms. The van der Waals surface area contributed by atoms with Crippen molar-refractivity contribution in [2.45, 2.75) is 12.5 Å². The Morgan fingerprint density at radius 3 is 2.42 bits per heavy atom. The molecule has 2 rings (SSSR count). The van der Waals surface area contributed by atoms with Gasteiger partial charge >= 0.3 is 5.97 Å². The monoisotopic (exact) mass is 358 g/mol. The molecule has 0 fully saturated rings. The van der Waals surface area contributed by atoms with Crippen molar-refractivity contribution >= 4 is 11.8 Å². The van der Waals surface area contributed by atoms with Crippen LogP contribution in [0.3, 0.4) is 0 Å². The standard InChI is InChI=1S/C20H22O6/c1-6-8-13-17(20(22)26-9-7-2)19(25-5)16-14(18(13)21)10-12(23-3)11-15(16)24-4/h6-7,10-11,19H,1-2,8-9H2,3-5H3. The minimum Gasteiger partial charge on any atom is -0.497 e. The lowest BCUT2D eigenvalue weighted by Gasteiger charge is -2.29. The van der Waals surface area contributed by atoms with Gasteiger partial charge in [0.15, 0.2) is 5.78 Å². The van der Waals surface area contributed by atoms with Crippen LogP contribution in [0, 0.1) is 0 Å². The van der Waals surface area contributed by atoms with Crippen LogP contribution in [0.4, 0.5) is 0 Å². The Labute approximate surface area is 152 Å². The summed E-state index contributed by atoms with van der Waals surface area (Å²) in [6, 6.07) is 3.25. The van der Waals surface area contributed by atoms with E-state index in [1.165, 1.54) is 27.4 Å². The molecule has 1 unspecified atom stereocenters. The number of carbonyl (C=O) groups is 2. The quantitative estimate of drug-likeness (QED) is 0.525. The van der Waals surface area contributed by atoms with Crippen molar-refractivity contribution in [1.82, 2.24) is 0 Å². The zero-order valence-corrected chi connectivity index (χ0v) is 15.2. The van der Waals surface area contributed by atoms with Gasteiger partial charge in [0.2, 0.25) is 0 Å². The molecule has 0 aliphatic heterocycles. The largest absolute Gasteiger partial charge is 0.497 e. The van der Waals surface area contributed by atoms with Crippen LogP contribution in [0.25, 0.3) is 0 Å². The summed E-state index contributed by atoms with van der Waals surface area (Å²) in [7, 11) is 4.44. The molecule has 1 atom stereocenters. The maximum atomic E-state index is 13.1. The van der Waals surface area contributed by atoms with Gasteiger partial charge in [-0.15, -0.1) is 6.58 Å². The second-order valence-electron chi connectivity index (χ2n) is 5.51. The molecule has 6 nitrogen and oxygen atoms in total. The number of hydrogen-bond donors (Lipinski definition) is 0. The van der Waals surface area contributed by atoms with Gasteiger partial charge < -0.3 is 18.9 Å². The number of methoxy groups -OCH3 is 3. The number of carbonyl (C=O) groups excluding carboxylic acids is 2. The average molecular weight is 358 g/mol. The fraction of sp³-hybridized carbons (Fsp3) is 0.300. The van der Waals surface area contributed by atoms with Crippen molar-refractivity contribution in [3.63, 3.8) is 0 Å². The fourth-order valence-corrected chi connectivity index (χ4v) is 2.96. The van der Waals surface area contributed by atoms with Crippen molar-refractivity contribution in [2.75, 3.05) is 27.9 Å². The molecule has 0 saturated heterocycles. The molecule has 0 radical (unpaired) electrons. The van der Waals surface area contributed by atoms with E-state index in [-0.39, 0.29) is 30.0 Å². The summed E-state index contributed by atoms with van der Waals surface area (Å²) in [6.07, 6.45) is 2.41. The van der Waals surface area contributed by atoms with E-state index in [9.17, 15) is 9.59 Å². The van der Waals surface area contributed by atoms with E-state index in [1.54, 1.807) is 18.2 Å². The third-order valence-corrected chi connectivity index (χ3v) is 4.08. The first kappa shape index (κ1) is 19.5. The Balaban J connectivity index is 2.73. The summed E-state index contributed by atoms with van der Waals surface area (Å²) in [5.74, 6) is -0.0768. The molecule has 0 aromatic heterocycles. The van der Waals surface area contributed by atoms with Crippen molar-refractivity contribution in [3.05, 3.63) is 59.7 Å². The van der Waals surface area contributed by atoms with E-state index in [0.717, 1.165) is 0 Å². The van der Waals surface area contributed by atoms with Gasteiger partial charge in [0.1, 0.15) is 24.2 Å². The Morgan fingerprint density at radius 1 is 1.15 bits per heavy atom. The second kappa shape index (κ2) is 8.49. The average Bonchev–Trinajstić information content (AvgIpc) is 2.67. The van der Waals surface area contributed by atoms with Gasteiger partial charge in [-0.2, -0.15) is 0 Å². The Hall–Kier alpha value is -2.86. The molecule has 1 aromatic rings. The number of esters is 1. The van der Waals surface area contributed by atoms with Gasteiger partial charge in [-0.1, -0.05) is 18.7 Å². The molecule has 26 heavy (non-hydrogen) atoms. The number of ketones is 1. The van der Waals surface area contributed by atoms with Gasteiger partial charge in [-0.3, -0.25) is 4.79 Å². The van der Waals surface area contributed by atoms with Gasteiger partial charge in [0.25, 0.3) is 0 Å². The molecule has 138 valence electrons. The smallest absolute Gasteiger partial charge is 0.337 e. The number of hydrogen-bond acceptors (Lipinski definition) is 6. The van der Waals surface area contributed by atoms with Gasteiger partial charge in [0.05, 0.1) is 19.8 Å². The molecule has 0 saturated carbocycles. The van der Waals surface area contributed by atoms with Crippen LogP contribution >= 0.6 is 0 Å². The van der Waals surface area contributed by atoms with Crippen LogP contribution < -0.4 is 9.47 Å². The van der Waals surface area contributed by atoms with Crippen LogP contribution in [0.15, 0.2) is 48.6 Å². The molecule has 1 aromatic carbocycles. The van der Waals surface area contributed by atoms with E-state index in [4.69, 9.17) is 18.9 Å². The SMILES string of the molecule is C=CCOC(=O)C1=C(CC=C)C(=O)c2cc(OC)cc(OC)c2C1OC. The normalized spacial score (nSPS) is 16.0. The van der Waals surface area contributed by atoms with E-state index < -0.39 is 12.1 Å². The first-order valence-corrected chi connectivity index (χ1v) is 7.99. The van der Waals surface area contributed by atoms with Crippen molar-refractivity contribution in [3.8, 4) is 11.5 Å². The Kier molecular flexibility index (Phi) is 6.36. The number of fused-ring (bicyclic) bond motifs is 1. The number of Topliss-reactive ketones (excluding diaryl/α,β-unsaturated/α-hetero) is 1. The molecule has 0 N–H and O–H groups in total. The van der Waals surface area contributed by atoms with E-state index >= 15 is 0 Å². The van der Waals surface area contributed by atoms with Crippen LogP contribution in [-0.2, 0) is 14.3 Å². The van der Waals surface area contributed by atoms with Crippen LogP contribution in [0.2, 0.25) is 0 Å². The summed E-state index contributed by atoms with van der Waals surface area (Å²) in [5.41, 5.74) is 1.27. The molecular formula is C20H22O6. The van der Waals surface area contributed by atoms with Crippen LogP contribution in [0.5, 0.6) is 11.5 Å².